The van der Waals surface area contributed by atoms with Crippen molar-refractivity contribution in [3.8, 4) is 11.5 Å². The van der Waals surface area contributed by atoms with Crippen molar-refractivity contribution in [1.29, 1.82) is 0 Å². The first kappa shape index (κ1) is 17.9. The van der Waals surface area contributed by atoms with Gasteiger partial charge < -0.3 is 10.5 Å². The molecule has 0 radical (unpaired) electrons. The predicted molar refractivity (Wildman–Crippen MR) is 100 cm³/mol. The Morgan fingerprint density at radius 1 is 1.18 bits per heavy atom. The minimum atomic E-state index is -0.675. The Morgan fingerprint density at radius 2 is 1.77 bits per heavy atom. The Morgan fingerprint density at radius 3 is 2.32 bits per heavy atom. The fraction of sp³-hybridized carbons (Fsp3) is 0.250. The molecule has 0 spiro atoms. The van der Waals surface area contributed by atoms with Crippen LogP contribution in [0, 0.1) is 25.7 Å². The highest BCUT2D eigenvalue weighted by atomic mass is 127. The van der Waals surface area contributed by atoms with Gasteiger partial charge in [0.15, 0.2) is 17.3 Å². The van der Waals surface area contributed by atoms with Gasteiger partial charge in [0.25, 0.3) is 0 Å². The molecule has 0 saturated carbocycles. The molecule has 2 rings (SSSR count). The highest BCUT2D eigenvalue weighted by molar-refractivity contribution is 14.1. The first-order valence-electron chi connectivity index (χ1n) is 6.65. The van der Waals surface area contributed by atoms with Gasteiger partial charge in [-0.2, -0.15) is 0 Å². The van der Waals surface area contributed by atoms with Crippen molar-refractivity contribution in [3.05, 3.63) is 54.2 Å². The van der Waals surface area contributed by atoms with Crippen molar-refractivity contribution < 1.29 is 13.5 Å². The van der Waals surface area contributed by atoms with Crippen LogP contribution in [0.3, 0.4) is 0 Å². The largest absolute Gasteiger partial charge is 0.452 e. The molecule has 0 bridgehead atoms. The second-order valence-electron chi connectivity index (χ2n) is 5.16. The van der Waals surface area contributed by atoms with Gasteiger partial charge in [0, 0.05) is 11.6 Å². The van der Waals surface area contributed by atoms with Crippen molar-refractivity contribution in [2.24, 2.45) is 5.73 Å². The molecule has 1 atom stereocenters. The first-order chi connectivity index (χ1) is 10.3. The van der Waals surface area contributed by atoms with Crippen molar-refractivity contribution in [2.45, 2.75) is 26.3 Å². The van der Waals surface area contributed by atoms with E-state index in [2.05, 4.69) is 45.2 Å². The van der Waals surface area contributed by atoms with E-state index in [9.17, 15) is 8.78 Å². The lowest BCUT2D eigenvalue weighted by atomic mass is 10.1. The number of ether oxygens (including phenoxy) is 1. The molecule has 6 heteroatoms. The molecule has 2 aromatic carbocycles. The van der Waals surface area contributed by atoms with Gasteiger partial charge >= 0.3 is 0 Å². The molecule has 0 unspecified atom stereocenters. The third kappa shape index (κ3) is 4.08. The maximum atomic E-state index is 14.1. The normalized spacial score (nSPS) is 12.3. The fourth-order valence-corrected chi connectivity index (χ4v) is 4.14. The molecule has 0 fully saturated rings. The van der Waals surface area contributed by atoms with Crippen molar-refractivity contribution >= 4 is 45.2 Å². The minimum absolute atomic E-state index is 0.0228. The number of hydrogen-bond acceptors (Lipinski definition) is 2. The van der Waals surface area contributed by atoms with Gasteiger partial charge in [0.05, 0.1) is 7.14 Å². The van der Waals surface area contributed by atoms with Crippen LogP contribution in [-0.2, 0) is 6.42 Å². The molecule has 22 heavy (non-hydrogen) atoms. The summed E-state index contributed by atoms with van der Waals surface area (Å²) in [7, 11) is 0. The summed E-state index contributed by atoms with van der Waals surface area (Å²) >= 11 is 4.29. The summed E-state index contributed by atoms with van der Waals surface area (Å²) in [6.45, 7) is 3.33. The lowest BCUT2D eigenvalue weighted by molar-refractivity contribution is 0.429. The summed E-state index contributed by atoms with van der Waals surface area (Å²) in [4.78, 5) is 0. The molecular weight excluding hydrogens is 514 g/mol. The van der Waals surface area contributed by atoms with Crippen molar-refractivity contribution in [3.63, 3.8) is 0 Å². The third-order valence-corrected chi connectivity index (χ3v) is 4.72. The SMILES string of the molecule is Cc1c(F)ccc(Oc2c(I)cc(C[C@@H](C)N)cc2I)c1F. The van der Waals surface area contributed by atoms with Crippen molar-refractivity contribution in [2.75, 3.05) is 0 Å². The van der Waals surface area contributed by atoms with Gasteiger partial charge in [-0.05, 0) is 95.3 Å². The molecule has 0 aromatic heterocycles. The van der Waals surface area contributed by atoms with Crippen LogP contribution in [-0.4, -0.2) is 6.04 Å². The van der Waals surface area contributed by atoms with E-state index in [0.717, 1.165) is 19.1 Å². The van der Waals surface area contributed by atoms with E-state index in [1.165, 1.54) is 19.1 Å². The zero-order valence-electron chi connectivity index (χ0n) is 12.1. The molecule has 2 nitrogen and oxygen atoms in total. The second kappa shape index (κ2) is 7.39. The monoisotopic (exact) mass is 529 g/mol. The first-order valence-corrected chi connectivity index (χ1v) is 8.81. The summed E-state index contributed by atoms with van der Waals surface area (Å²) in [6.07, 6.45) is 0.760. The average molecular weight is 529 g/mol. The highest BCUT2D eigenvalue weighted by Crippen LogP contribution is 2.35. The molecule has 0 heterocycles. The van der Waals surface area contributed by atoms with E-state index >= 15 is 0 Å². The number of halogens is 4. The van der Waals surface area contributed by atoms with E-state index in [1.807, 2.05) is 19.1 Å². The quantitative estimate of drug-likeness (QED) is 0.556. The molecule has 2 N–H and O–H groups in total. The molecule has 0 aliphatic carbocycles. The predicted octanol–water partition coefficient (Wildman–Crippen LogP) is 5.16. The Hall–Kier alpha value is -0.480. The molecule has 0 aliphatic rings. The van der Waals surface area contributed by atoms with Crippen LogP contribution in [0.4, 0.5) is 8.78 Å². The van der Waals surface area contributed by atoms with E-state index < -0.39 is 11.6 Å². The van der Waals surface area contributed by atoms with Crippen LogP contribution in [0.15, 0.2) is 24.3 Å². The zero-order valence-corrected chi connectivity index (χ0v) is 16.4. The molecule has 0 amide bonds. The summed E-state index contributed by atoms with van der Waals surface area (Å²) in [5.41, 5.74) is 6.87. The number of rotatable bonds is 4. The second-order valence-corrected chi connectivity index (χ2v) is 7.48. The summed E-state index contributed by atoms with van der Waals surface area (Å²) in [5, 5.41) is 0. The van der Waals surface area contributed by atoms with Crippen LogP contribution < -0.4 is 10.5 Å². The van der Waals surface area contributed by atoms with Crippen molar-refractivity contribution in [1.82, 2.24) is 0 Å². The van der Waals surface area contributed by atoms with Gasteiger partial charge in [-0.15, -0.1) is 0 Å². The zero-order chi connectivity index (χ0) is 16.4. The van der Waals surface area contributed by atoms with E-state index in [0.29, 0.717) is 5.75 Å². The summed E-state index contributed by atoms with van der Waals surface area (Å²) in [5.74, 6) is -0.665. The fourth-order valence-electron chi connectivity index (χ4n) is 2.02. The Kier molecular flexibility index (Phi) is 6.00. The molecular formula is C16H15F2I2NO. The van der Waals surface area contributed by atoms with Gasteiger partial charge in [-0.25, -0.2) is 8.78 Å². The Balaban J connectivity index is 2.36. The Bertz CT molecular complexity index is 682. The maximum Gasteiger partial charge on any atom is 0.171 e. The number of hydrogen-bond donors (Lipinski definition) is 1. The van der Waals surface area contributed by atoms with Gasteiger partial charge in [0.1, 0.15) is 5.82 Å². The molecule has 118 valence electrons. The Labute approximate surface area is 155 Å². The summed E-state index contributed by atoms with van der Waals surface area (Å²) in [6, 6.07) is 6.51. The van der Waals surface area contributed by atoms with Crippen LogP contribution in [0.2, 0.25) is 0 Å². The highest BCUT2D eigenvalue weighted by Gasteiger charge is 2.16. The van der Waals surface area contributed by atoms with E-state index in [4.69, 9.17) is 10.5 Å². The summed E-state index contributed by atoms with van der Waals surface area (Å²) < 4.78 is 34.8. The van der Waals surface area contributed by atoms with E-state index in [1.54, 1.807) is 0 Å². The molecule has 0 saturated heterocycles. The van der Waals surface area contributed by atoms with Gasteiger partial charge in [0.2, 0.25) is 0 Å². The van der Waals surface area contributed by atoms with Crippen LogP contribution in [0.1, 0.15) is 18.1 Å². The topological polar surface area (TPSA) is 35.2 Å². The van der Waals surface area contributed by atoms with Crippen LogP contribution >= 0.6 is 45.2 Å². The van der Waals surface area contributed by atoms with Gasteiger partial charge in [-0.1, -0.05) is 0 Å². The lowest BCUT2D eigenvalue weighted by Gasteiger charge is -2.14. The van der Waals surface area contributed by atoms with Gasteiger partial charge in [-0.3, -0.25) is 0 Å². The van der Waals surface area contributed by atoms with Crippen LogP contribution in [0.25, 0.3) is 0 Å². The van der Waals surface area contributed by atoms with E-state index in [-0.39, 0.29) is 17.4 Å². The number of benzene rings is 2. The smallest absolute Gasteiger partial charge is 0.171 e. The third-order valence-electron chi connectivity index (χ3n) is 3.11. The number of nitrogens with two attached hydrogens (primary N) is 1. The maximum absolute atomic E-state index is 14.1. The average Bonchev–Trinajstić information content (AvgIpc) is 2.42. The standard InChI is InChI=1S/C16H15F2I2NO/c1-8(21)5-10-6-12(19)16(13(20)7-10)22-14-4-3-11(17)9(2)15(14)18/h3-4,6-8H,5,21H2,1-2H3/t8-/m1/s1. The minimum Gasteiger partial charge on any atom is -0.452 e. The molecule has 2 aromatic rings. The molecule has 0 aliphatic heterocycles. The lowest BCUT2D eigenvalue weighted by Crippen LogP contribution is -2.17. The van der Waals surface area contributed by atoms with Crippen LogP contribution in [0.5, 0.6) is 11.5 Å².